The predicted molar refractivity (Wildman–Crippen MR) is 94.1 cm³/mol. The van der Waals surface area contributed by atoms with Crippen LogP contribution in [0.1, 0.15) is 36.5 Å². The molecule has 22 heavy (non-hydrogen) atoms. The quantitative estimate of drug-likeness (QED) is 0.580. The fraction of sp³-hybridized carbons (Fsp3) is 0.286. The van der Waals surface area contributed by atoms with Crippen LogP contribution in [-0.4, -0.2) is 0 Å². The van der Waals surface area contributed by atoms with Crippen molar-refractivity contribution in [2.45, 2.75) is 33.6 Å². The van der Waals surface area contributed by atoms with Crippen molar-refractivity contribution in [3.05, 3.63) is 65.2 Å². The van der Waals surface area contributed by atoms with Crippen LogP contribution in [0.25, 0.3) is 22.2 Å². The lowest BCUT2D eigenvalue weighted by Gasteiger charge is -2.12. The highest BCUT2D eigenvalue weighted by molar-refractivity contribution is 5.82. The summed E-state index contributed by atoms with van der Waals surface area (Å²) in [6.07, 6.45) is 0. The van der Waals surface area contributed by atoms with Crippen LogP contribution in [-0.2, 0) is 7.05 Å². The van der Waals surface area contributed by atoms with Crippen LogP contribution in [0.5, 0.6) is 0 Å². The highest BCUT2D eigenvalue weighted by Gasteiger charge is 2.19. The molecule has 0 fully saturated rings. The molecule has 1 heteroatoms. The van der Waals surface area contributed by atoms with Crippen LogP contribution in [0.2, 0.25) is 0 Å². The zero-order chi connectivity index (χ0) is 15.9. The molecule has 0 amide bonds. The summed E-state index contributed by atoms with van der Waals surface area (Å²) < 4.78 is 2.31. The van der Waals surface area contributed by atoms with E-state index in [1.54, 1.807) is 0 Å². The summed E-state index contributed by atoms with van der Waals surface area (Å²) >= 11 is 0. The van der Waals surface area contributed by atoms with Crippen molar-refractivity contribution in [3.8, 4) is 11.3 Å². The Labute approximate surface area is 133 Å². The summed E-state index contributed by atoms with van der Waals surface area (Å²) in [7, 11) is 2.17. The summed E-state index contributed by atoms with van der Waals surface area (Å²) in [6, 6.07) is 17.9. The van der Waals surface area contributed by atoms with Crippen molar-refractivity contribution >= 4 is 10.9 Å². The topological polar surface area (TPSA) is 3.88 Å². The molecule has 0 unspecified atom stereocenters. The molecule has 0 saturated carbocycles. The Morgan fingerprint density at radius 3 is 2.14 bits per heavy atom. The van der Waals surface area contributed by atoms with Gasteiger partial charge in [0.2, 0.25) is 11.2 Å². The van der Waals surface area contributed by atoms with E-state index < -0.39 is 0 Å². The number of rotatable bonds is 2. The summed E-state index contributed by atoms with van der Waals surface area (Å²) in [5, 5.41) is 1.35. The van der Waals surface area contributed by atoms with Gasteiger partial charge in [0.1, 0.15) is 7.05 Å². The second-order valence-corrected chi connectivity index (χ2v) is 6.59. The fourth-order valence-corrected chi connectivity index (χ4v) is 3.34. The van der Waals surface area contributed by atoms with Crippen molar-refractivity contribution < 1.29 is 4.57 Å². The molecule has 0 N–H and O–H groups in total. The maximum atomic E-state index is 2.36. The summed E-state index contributed by atoms with van der Waals surface area (Å²) in [5.74, 6) is 0.510. The molecule has 1 nitrogen and oxygen atoms in total. The molecule has 1 aromatic heterocycles. The van der Waals surface area contributed by atoms with Gasteiger partial charge in [-0.3, -0.25) is 0 Å². The second-order valence-electron chi connectivity index (χ2n) is 6.59. The Kier molecular flexibility index (Phi) is 3.74. The first-order valence-corrected chi connectivity index (χ1v) is 7.97. The first kappa shape index (κ1) is 14.8. The molecule has 0 aliphatic heterocycles. The van der Waals surface area contributed by atoms with E-state index in [1.807, 2.05) is 0 Å². The first-order valence-electron chi connectivity index (χ1n) is 7.97. The molecule has 0 atom stereocenters. The molecular formula is C21H24N+. The third-order valence-corrected chi connectivity index (χ3v) is 4.37. The maximum Gasteiger partial charge on any atom is 0.213 e. The van der Waals surface area contributed by atoms with E-state index in [0.717, 1.165) is 0 Å². The van der Waals surface area contributed by atoms with E-state index >= 15 is 0 Å². The number of para-hydroxylation sites is 1. The molecule has 0 aliphatic carbocycles. The largest absolute Gasteiger partial charge is 0.213 e. The minimum atomic E-state index is 0.510. The van der Waals surface area contributed by atoms with Crippen molar-refractivity contribution in [2.24, 2.45) is 7.05 Å². The van der Waals surface area contributed by atoms with Crippen LogP contribution in [0.3, 0.4) is 0 Å². The van der Waals surface area contributed by atoms with E-state index in [-0.39, 0.29) is 0 Å². The molecule has 112 valence electrons. The van der Waals surface area contributed by atoms with Crippen LogP contribution in [0.15, 0.2) is 48.5 Å². The molecule has 0 spiro atoms. The predicted octanol–water partition coefficient (Wildman–Crippen LogP) is 5.07. The number of benzene rings is 2. The van der Waals surface area contributed by atoms with Gasteiger partial charge in [-0.25, -0.2) is 0 Å². The Balaban J connectivity index is 2.37. The number of aromatic nitrogens is 1. The molecule has 0 saturated heterocycles. The molecule has 0 aliphatic rings. The monoisotopic (exact) mass is 290 g/mol. The SMILES string of the molecule is Cc1cc(C)cc(-c2cc(C(C)C)c3ccccc3[n+]2C)c1. The van der Waals surface area contributed by atoms with Gasteiger partial charge < -0.3 is 0 Å². The van der Waals surface area contributed by atoms with E-state index in [1.165, 1.54) is 38.9 Å². The Morgan fingerprint density at radius 2 is 1.50 bits per heavy atom. The molecule has 3 rings (SSSR count). The van der Waals surface area contributed by atoms with Gasteiger partial charge in [0.05, 0.1) is 0 Å². The number of fused-ring (bicyclic) bond motifs is 1. The van der Waals surface area contributed by atoms with Gasteiger partial charge in [-0.15, -0.1) is 0 Å². The standard InChI is InChI=1S/C21H24N/c1-14(2)19-13-21(17-11-15(3)10-16(4)12-17)22(5)20-9-7-6-8-18(19)20/h6-14H,1-5H3/q+1. The lowest BCUT2D eigenvalue weighted by molar-refractivity contribution is -0.633. The lowest BCUT2D eigenvalue weighted by Crippen LogP contribution is -2.32. The third kappa shape index (κ3) is 2.52. The highest BCUT2D eigenvalue weighted by atomic mass is 14.9. The Bertz CT molecular complexity index is 824. The van der Waals surface area contributed by atoms with E-state index in [0.29, 0.717) is 5.92 Å². The zero-order valence-corrected chi connectivity index (χ0v) is 14.1. The van der Waals surface area contributed by atoms with Crippen LogP contribution >= 0.6 is 0 Å². The van der Waals surface area contributed by atoms with E-state index in [9.17, 15) is 0 Å². The van der Waals surface area contributed by atoms with Crippen molar-refractivity contribution in [1.29, 1.82) is 0 Å². The summed E-state index contributed by atoms with van der Waals surface area (Å²) in [5.41, 5.74) is 7.93. The van der Waals surface area contributed by atoms with Gasteiger partial charge in [0.15, 0.2) is 0 Å². The van der Waals surface area contributed by atoms with E-state index in [4.69, 9.17) is 0 Å². The fourth-order valence-electron chi connectivity index (χ4n) is 3.34. The summed E-state index contributed by atoms with van der Waals surface area (Å²) in [6.45, 7) is 8.88. The van der Waals surface area contributed by atoms with Gasteiger partial charge in [0, 0.05) is 23.1 Å². The average Bonchev–Trinajstić information content (AvgIpc) is 2.46. The Morgan fingerprint density at radius 1 is 0.864 bits per heavy atom. The van der Waals surface area contributed by atoms with Gasteiger partial charge in [0.25, 0.3) is 0 Å². The minimum absolute atomic E-state index is 0.510. The van der Waals surface area contributed by atoms with Crippen molar-refractivity contribution in [2.75, 3.05) is 0 Å². The normalized spacial score (nSPS) is 11.4. The van der Waals surface area contributed by atoms with Crippen molar-refractivity contribution in [1.82, 2.24) is 0 Å². The second kappa shape index (κ2) is 5.57. The number of nitrogens with zero attached hydrogens (tertiary/aromatic N) is 1. The number of hydrogen-bond acceptors (Lipinski definition) is 0. The van der Waals surface area contributed by atoms with Crippen molar-refractivity contribution in [3.63, 3.8) is 0 Å². The molecule has 0 bridgehead atoms. The van der Waals surface area contributed by atoms with Gasteiger partial charge in [-0.1, -0.05) is 43.2 Å². The summed E-state index contributed by atoms with van der Waals surface area (Å²) in [4.78, 5) is 0. The molecule has 3 aromatic rings. The average molecular weight is 290 g/mol. The maximum absolute atomic E-state index is 2.36. The van der Waals surface area contributed by atoms with Gasteiger partial charge in [-0.05, 0) is 43.5 Å². The number of hydrogen-bond donors (Lipinski definition) is 0. The molecule has 0 radical (unpaired) electrons. The number of pyridine rings is 1. The Hall–Kier alpha value is -2.15. The van der Waals surface area contributed by atoms with Crippen LogP contribution < -0.4 is 4.57 Å². The molecular weight excluding hydrogens is 266 g/mol. The lowest BCUT2D eigenvalue weighted by atomic mass is 9.95. The molecule has 2 aromatic carbocycles. The minimum Gasteiger partial charge on any atom is -0.194 e. The van der Waals surface area contributed by atoms with E-state index in [2.05, 4.69) is 87.8 Å². The van der Waals surface area contributed by atoms with Crippen LogP contribution in [0.4, 0.5) is 0 Å². The smallest absolute Gasteiger partial charge is 0.194 e. The molecule has 1 heterocycles. The third-order valence-electron chi connectivity index (χ3n) is 4.37. The highest BCUT2D eigenvalue weighted by Crippen LogP contribution is 2.28. The number of aryl methyl sites for hydroxylation is 3. The van der Waals surface area contributed by atoms with Crippen LogP contribution in [0, 0.1) is 13.8 Å². The van der Waals surface area contributed by atoms with Gasteiger partial charge >= 0.3 is 0 Å². The zero-order valence-electron chi connectivity index (χ0n) is 14.1. The van der Waals surface area contributed by atoms with Gasteiger partial charge in [-0.2, -0.15) is 4.57 Å². The first-order chi connectivity index (χ1) is 10.5.